The highest BCUT2D eigenvalue weighted by molar-refractivity contribution is 7.11. The van der Waals surface area contributed by atoms with Gasteiger partial charge in [-0.15, -0.1) is 11.3 Å². The van der Waals surface area contributed by atoms with Crippen molar-refractivity contribution >= 4 is 23.3 Å². The smallest absolute Gasteiger partial charge is 0.407 e. The third-order valence-electron chi connectivity index (χ3n) is 4.38. The Morgan fingerprint density at radius 3 is 2.43 bits per heavy atom. The number of carbonyl (C=O) groups excluding carboxylic acids is 2. The van der Waals surface area contributed by atoms with Crippen LogP contribution in [0.3, 0.4) is 0 Å². The number of likely N-dealkylation sites (N-methyl/N-ethyl adjacent to an activating group) is 1. The fourth-order valence-electron chi connectivity index (χ4n) is 2.86. The van der Waals surface area contributed by atoms with Gasteiger partial charge in [0.2, 0.25) is 5.91 Å². The SMILES string of the molecule is Cc1nc(CC(F)(F)F)sc1CC(=O)N(C)C1CC(NC(=O)OC(C)(C)C)C1. The highest BCUT2D eigenvalue weighted by atomic mass is 32.1. The van der Waals surface area contributed by atoms with E-state index in [4.69, 9.17) is 4.74 Å². The predicted molar refractivity (Wildman–Crippen MR) is 99.3 cm³/mol. The molecule has 10 heteroatoms. The number of aryl methyl sites for hydroxylation is 1. The summed E-state index contributed by atoms with van der Waals surface area (Å²) in [5, 5.41) is 2.74. The normalized spacial score (nSPS) is 19.7. The summed E-state index contributed by atoms with van der Waals surface area (Å²) in [6.07, 6.45) is -4.63. The molecule has 158 valence electrons. The van der Waals surface area contributed by atoms with Gasteiger partial charge in [0.25, 0.3) is 0 Å². The van der Waals surface area contributed by atoms with Crippen molar-refractivity contribution < 1.29 is 27.5 Å². The number of alkyl carbamates (subject to hydrolysis) is 1. The molecule has 0 spiro atoms. The molecule has 0 radical (unpaired) electrons. The van der Waals surface area contributed by atoms with Gasteiger partial charge in [0.05, 0.1) is 18.5 Å². The van der Waals surface area contributed by atoms with E-state index in [1.807, 2.05) is 0 Å². The number of halogens is 3. The van der Waals surface area contributed by atoms with Crippen molar-refractivity contribution in [2.24, 2.45) is 0 Å². The second-order valence-corrected chi connectivity index (χ2v) is 9.23. The van der Waals surface area contributed by atoms with Gasteiger partial charge in [-0.1, -0.05) is 0 Å². The maximum absolute atomic E-state index is 12.5. The summed E-state index contributed by atoms with van der Waals surface area (Å²) >= 11 is 0.931. The number of nitrogens with one attached hydrogen (secondary N) is 1. The minimum Gasteiger partial charge on any atom is -0.444 e. The first-order valence-corrected chi connectivity index (χ1v) is 9.82. The fraction of sp³-hybridized carbons (Fsp3) is 0.722. The zero-order chi connectivity index (χ0) is 21.3. The van der Waals surface area contributed by atoms with E-state index in [-0.39, 0.29) is 29.4 Å². The van der Waals surface area contributed by atoms with Gasteiger partial charge in [0, 0.05) is 24.0 Å². The van der Waals surface area contributed by atoms with Crippen LogP contribution in [0, 0.1) is 6.92 Å². The molecule has 1 fully saturated rings. The largest absolute Gasteiger partial charge is 0.444 e. The van der Waals surface area contributed by atoms with Gasteiger partial charge in [0.15, 0.2) is 0 Å². The lowest BCUT2D eigenvalue weighted by Gasteiger charge is -2.41. The third-order valence-corrected chi connectivity index (χ3v) is 5.53. The summed E-state index contributed by atoms with van der Waals surface area (Å²) < 4.78 is 42.7. The molecule has 1 N–H and O–H groups in total. The minimum atomic E-state index is -4.32. The summed E-state index contributed by atoms with van der Waals surface area (Å²) in [5.74, 6) is -0.175. The van der Waals surface area contributed by atoms with E-state index in [2.05, 4.69) is 10.3 Å². The van der Waals surface area contributed by atoms with Crippen LogP contribution >= 0.6 is 11.3 Å². The van der Waals surface area contributed by atoms with Gasteiger partial charge in [-0.2, -0.15) is 13.2 Å². The first-order valence-electron chi connectivity index (χ1n) is 9.00. The molecule has 2 rings (SSSR count). The van der Waals surface area contributed by atoms with Crippen LogP contribution in [0.4, 0.5) is 18.0 Å². The molecule has 1 aromatic rings. The molecule has 0 bridgehead atoms. The molecule has 1 heterocycles. The monoisotopic (exact) mass is 421 g/mol. The molecule has 6 nitrogen and oxygen atoms in total. The highest BCUT2D eigenvalue weighted by Gasteiger charge is 2.36. The second kappa shape index (κ2) is 8.26. The predicted octanol–water partition coefficient (Wildman–Crippen LogP) is 3.61. The maximum Gasteiger partial charge on any atom is 0.407 e. The number of thiazole rings is 1. The maximum atomic E-state index is 12.5. The van der Waals surface area contributed by atoms with Crippen molar-refractivity contribution in [3.63, 3.8) is 0 Å². The van der Waals surface area contributed by atoms with Crippen LogP contribution in [0.15, 0.2) is 0 Å². The molecule has 0 atom stereocenters. The number of nitrogens with zero attached hydrogens (tertiary/aromatic N) is 2. The molecule has 1 saturated carbocycles. The molecule has 0 aliphatic heterocycles. The van der Waals surface area contributed by atoms with Crippen LogP contribution in [-0.4, -0.2) is 52.8 Å². The molecular weight excluding hydrogens is 395 g/mol. The van der Waals surface area contributed by atoms with E-state index in [0.717, 1.165) is 11.3 Å². The molecule has 1 aliphatic rings. The Bertz CT molecular complexity index is 722. The second-order valence-electron chi connectivity index (χ2n) is 8.06. The zero-order valence-electron chi connectivity index (χ0n) is 16.6. The van der Waals surface area contributed by atoms with Crippen LogP contribution in [0.5, 0.6) is 0 Å². The summed E-state index contributed by atoms with van der Waals surface area (Å²) in [6.45, 7) is 6.96. The number of ether oxygens (including phenoxy) is 1. The quantitative estimate of drug-likeness (QED) is 0.788. The van der Waals surface area contributed by atoms with Gasteiger partial charge in [-0.25, -0.2) is 9.78 Å². The number of amides is 2. The Labute approximate surface area is 166 Å². The number of alkyl halides is 3. The Kier molecular flexibility index (Phi) is 6.62. The number of carbonyl (C=O) groups is 2. The van der Waals surface area contributed by atoms with E-state index in [0.29, 0.717) is 23.4 Å². The van der Waals surface area contributed by atoms with E-state index in [1.54, 1.807) is 39.6 Å². The van der Waals surface area contributed by atoms with Gasteiger partial charge in [0.1, 0.15) is 10.6 Å². The van der Waals surface area contributed by atoms with Crippen LogP contribution in [0.2, 0.25) is 0 Å². The lowest BCUT2D eigenvalue weighted by molar-refractivity contribution is -0.133. The summed E-state index contributed by atoms with van der Waals surface area (Å²) in [7, 11) is 1.67. The van der Waals surface area contributed by atoms with Crippen LogP contribution in [-0.2, 0) is 22.4 Å². The van der Waals surface area contributed by atoms with Crippen LogP contribution < -0.4 is 5.32 Å². The molecule has 1 aliphatic carbocycles. The zero-order valence-corrected chi connectivity index (χ0v) is 17.5. The van der Waals surface area contributed by atoms with Crippen molar-refractivity contribution in [2.75, 3.05) is 7.05 Å². The van der Waals surface area contributed by atoms with Crippen molar-refractivity contribution in [1.29, 1.82) is 0 Å². The molecule has 0 unspecified atom stereocenters. The van der Waals surface area contributed by atoms with Crippen molar-refractivity contribution in [3.05, 3.63) is 15.6 Å². The number of aromatic nitrogens is 1. The van der Waals surface area contributed by atoms with Gasteiger partial charge in [-0.05, 0) is 40.5 Å². The minimum absolute atomic E-state index is 0.0182. The average molecular weight is 421 g/mol. The lowest BCUT2D eigenvalue weighted by atomic mass is 9.85. The van der Waals surface area contributed by atoms with Crippen LogP contribution in [0.25, 0.3) is 0 Å². The molecular formula is C18H26F3N3O3S. The van der Waals surface area contributed by atoms with Gasteiger partial charge >= 0.3 is 12.3 Å². The Balaban J connectivity index is 1.82. The molecule has 1 aromatic heterocycles. The summed E-state index contributed by atoms with van der Waals surface area (Å²) in [5.41, 5.74) is -0.110. The van der Waals surface area contributed by atoms with Gasteiger partial charge in [-0.3, -0.25) is 4.79 Å². The van der Waals surface area contributed by atoms with Crippen LogP contribution in [0.1, 0.15) is 49.2 Å². The standard InChI is InChI=1S/C18H26F3N3O3S/c1-10-13(28-14(22-10)9-18(19,20)21)8-15(25)24(5)12-6-11(7-12)23-16(26)27-17(2,3)4/h11-12H,6-9H2,1-5H3,(H,23,26). The Morgan fingerprint density at radius 2 is 1.89 bits per heavy atom. The van der Waals surface area contributed by atoms with Crippen molar-refractivity contribution in [2.45, 2.75) is 77.2 Å². The fourth-order valence-corrected chi connectivity index (χ4v) is 3.95. The summed E-state index contributed by atoms with van der Waals surface area (Å²) in [6, 6.07) is -0.0751. The average Bonchev–Trinajstić information content (AvgIpc) is 2.77. The first-order chi connectivity index (χ1) is 12.7. The molecule has 0 saturated heterocycles. The van der Waals surface area contributed by atoms with Crippen molar-refractivity contribution in [1.82, 2.24) is 15.2 Å². The van der Waals surface area contributed by atoms with E-state index in [9.17, 15) is 22.8 Å². The number of hydrogen-bond donors (Lipinski definition) is 1. The Morgan fingerprint density at radius 1 is 1.29 bits per heavy atom. The molecule has 0 aromatic carbocycles. The lowest BCUT2D eigenvalue weighted by Crippen LogP contribution is -2.55. The summed E-state index contributed by atoms with van der Waals surface area (Å²) in [4.78, 5) is 30.3. The molecule has 28 heavy (non-hydrogen) atoms. The van der Waals surface area contributed by atoms with E-state index in [1.165, 1.54) is 0 Å². The topological polar surface area (TPSA) is 71.5 Å². The van der Waals surface area contributed by atoms with E-state index >= 15 is 0 Å². The third kappa shape index (κ3) is 6.65. The number of hydrogen-bond acceptors (Lipinski definition) is 5. The first kappa shape index (κ1) is 22.4. The van der Waals surface area contributed by atoms with Gasteiger partial charge < -0.3 is 15.0 Å². The number of rotatable bonds is 5. The van der Waals surface area contributed by atoms with Crippen molar-refractivity contribution in [3.8, 4) is 0 Å². The van der Waals surface area contributed by atoms with E-state index < -0.39 is 24.3 Å². The highest BCUT2D eigenvalue weighted by Crippen LogP contribution is 2.29. The molecule has 2 amide bonds. The Hall–Kier alpha value is -1.84.